The maximum Gasteiger partial charge on any atom is 0 e. The predicted molar refractivity (Wildman–Crippen MR) is 43.3 cm³/mol. The van der Waals surface area contributed by atoms with Gasteiger partial charge in [0.05, 0.1) is 0 Å². The normalized spacial score (nSPS) is 11.2. The van der Waals surface area contributed by atoms with E-state index in [9.17, 15) is 0 Å². The molecular weight excluding hydrogens is 252 g/mol. The molecule has 0 fully saturated rings. The van der Waals surface area contributed by atoms with Crippen molar-refractivity contribution >= 4 is 0 Å². The Hall–Kier alpha value is 1.09. The Balaban J connectivity index is -0.000000245. The molecule has 0 saturated carbocycles. The molecule has 0 N–H and O–H groups in total. The molecule has 1 heteroatoms. The van der Waals surface area contributed by atoms with Gasteiger partial charge in [-0.05, 0) is 0 Å². The Morgan fingerprint density at radius 2 is 2.00 bits per heavy atom. The molecule has 0 radical (unpaired) electrons. The zero-order valence-electron chi connectivity index (χ0n) is 7.15. The molecule has 10 heavy (non-hydrogen) atoms. The molecule has 0 aromatic rings. The van der Waals surface area contributed by atoms with Gasteiger partial charge in [0, 0.05) is 40.8 Å². The van der Waals surface area contributed by atoms with Gasteiger partial charge in [-0.1, -0.05) is 0 Å². The largest absolute Gasteiger partial charge is 0.520 e. The van der Waals surface area contributed by atoms with Crippen molar-refractivity contribution in [2.45, 2.75) is 20.3 Å². The maximum atomic E-state index is 5.30. The van der Waals surface area contributed by atoms with Crippen LogP contribution in [-0.4, -0.2) is 0 Å². The third-order valence-electron chi connectivity index (χ3n) is 1.28. The van der Waals surface area contributed by atoms with Gasteiger partial charge in [0.2, 0.25) is 0 Å². The molecule has 0 nitrogen and oxygen atoms in total. The van der Waals surface area contributed by atoms with Gasteiger partial charge in [0.1, 0.15) is 0 Å². The smallest absolute Gasteiger partial charge is 0 e. The molecule has 0 amide bonds. The number of rotatable bonds is 3. The van der Waals surface area contributed by atoms with Gasteiger partial charge in [-0.2, -0.15) is 13.8 Å². The van der Waals surface area contributed by atoms with Gasteiger partial charge < -0.3 is 32.9 Å². The summed E-state index contributed by atoms with van der Waals surface area (Å²) in [6.45, 7) is 13.2. The van der Waals surface area contributed by atoms with Gasteiger partial charge in [0.15, 0.2) is 0 Å². The quantitative estimate of drug-likeness (QED) is 0.691. The van der Waals surface area contributed by atoms with Crippen LogP contribution in [-0.2, 0) is 0 Å². The first-order valence-electron chi connectivity index (χ1n) is 2.86. The average Bonchev–Trinajstić information content (AvgIpc) is 1.69. The minimum absolute atomic E-state index is 0. The van der Waals surface area contributed by atoms with E-state index in [0.717, 1.165) is 6.42 Å². The Morgan fingerprint density at radius 1 is 1.60 bits per heavy atom. The van der Waals surface area contributed by atoms with Gasteiger partial charge in [-0.3, -0.25) is 0 Å². The maximum absolute atomic E-state index is 5.30. The van der Waals surface area contributed by atoms with Crippen molar-refractivity contribution in [2.75, 3.05) is 0 Å². The zero-order chi connectivity index (χ0) is 6.57. The third-order valence-corrected chi connectivity index (χ3v) is 1.28. The van der Waals surface area contributed by atoms with Crippen molar-refractivity contribution in [1.82, 2.24) is 0 Å². The molecule has 60 valence electrons. The second-order valence-electron chi connectivity index (χ2n) is 2.16. The minimum atomic E-state index is 0. The molecule has 0 aromatic carbocycles. The van der Waals surface area contributed by atoms with E-state index >= 15 is 0 Å². The average molecular weight is 268 g/mol. The van der Waals surface area contributed by atoms with E-state index < -0.39 is 0 Å². The van der Waals surface area contributed by atoms with Gasteiger partial charge in [-0.15, -0.1) is 0 Å². The van der Waals surface area contributed by atoms with Crippen LogP contribution >= 0.6 is 0 Å². The number of hydrogen-bond donors (Lipinski definition) is 0. The van der Waals surface area contributed by atoms with E-state index in [0.29, 0.717) is 5.92 Å². The molecule has 1 atom stereocenters. The summed E-state index contributed by atoms with van der Waals surface area (Å²) in [5, 5.41) is 0. The van der Waals surface area contributed by atoms with Crippen molar-refractivity contribution in [3.05, 3.63) is 32.9 Å². The van der Waals surface area contributed by atoms with E-state index in [2.05, 4.69) is 20.8 Å². The van der Waals surface area contributed by atoms with Gasteiger partial charge in [0.25, 0.3) is 0 Å². The van der Waals surface area contributed by atoms with Crippen LogP contribution < -0.4 is 0 Å². The van der Waals surface area contributed by atoms with Crippen LogP contribution in [0.2, 0.25) is 0 Å². The Kier molecular flexibility index (Phi) is 17.4. The SMILES string of the molecule is [CH-]=CC(C[CH2-])[C-](C)C.[CH3-].[Nd]. The molecule has 0 aliphatic rings. The molecule has 0 aliphatic carbocycles. The predicted octanol–water partition coefficient (Wildman–Crippen LogP) is 2.88. The van der Waals surface area contributed by atoms with Crippen LogP contribution in [0.1, 0.15) is 20.3 Å². The van der Waals surface area contributed by atoms with Crippen LogP contribution in [0.4, 0.5) is 0 Å². The van der Waals surface area contributed by atoms with Crippen LogP contribution in [0.25, 0.3) is 0 Å². The van der Waals surface area contributed by atoms with Gasteiger partial charge >= 0.3 is 0 Å². The second-order valence-corrected chi connectivity index (χ2v) is 2.16. The van der Waals surface area contributed by atoms with Crippen molar-refractivity contribution in [1.29, 1.82) is 0 Å². The minimum Gasteiger partial charge on any atom is -0.520 e. The summed E-state index contributed by atoms with van der Waals surface area (Å²) in [4.78, 5) is 0. The van der Waals surface area contributed by atoms with Crippen LogP contribution in [0, 0.1) is 73.6 Å². The van der Waals surface area contributed by atoms with E-state index in [1.807, 2.05) is 0 Å². The summed E-state index contributed by atoms with van der Waals surface area (Å²) >= 11 is 0. The Bertz CT molecular complexity index is 67.1. The number of allylic oxidation sites excluding steroid dienone is 1. The third kappa shape index (κ3) is 7.20. The van der Waals surface area contributed by atoms with Crippen molar-refractivity contribution < 1.29 is 40.8 Å². The summed E-state index contributed by atoms with van der Waals surface area (Å²) < 4.78 is 0. The van der Waals surface area contributed by atoms with E-state index in [1.165, 1.54) is 5.92 Å². The fourth-order valence-electron chi connectivity index (χ4n) is 0.577. The Morgan fingerprint density at radius 3 is 2.00 bits per heavy atom. The molecule has 0 aliphatic heterocycles. The fraction of sp³-hybridized carbons (Fsp3) is 0.444. The van der Waals surface area contributed by atoms with E-state index in [-0.39, 0.29) is 48.3 Å². The monoisotopic (exact) mass is 266 g/mol. The summed E-state index contributed by atoms with van der Waals surface area (Å²) in [7, 11) is 0. The summed E-state index contributed by atoms with van der Waals surface area (Å²) in [5.41, 5.74) is 0. The Labute approximate surface area is 99.0 Å². The molecule has 0 bridgehead atoms. The number of hydrogen-bond acceptors (Lipinski definition) is 0. The van der Waals surface area contributed by atoms with Gasteiger partial charge in [-0.25, -0.2) is 12.3 Å². The fourth-order valence-corrected chi connectivity index (χ4v) is 0.577. The molecular formula is C9H16Nd-4. The topological polar surface area (TPSA) is 0 Å². The molecule has 0 rings (SSSR count). The van der Waals surface area contributed by atoms with Crippen LogP contribution in [0.15, 0.2) is 6.08 Å². The summed E-state index contributed by atoms with van der Waals surface area (Å²) in [5.74, 6) is 1.75. The summed E-state index contributed by atoms with van der Waals surface area (Å²) in [6.07, 6.45) is 2.57. The van der Waals surface area contributed by atoms with Crippen molar-refractivity contribution in [3.63, 3.8) is 0 Å². The summed E-state index contributed by atoms with van der Waals surface area (Å²) in [6, 6.07) is 0. The zero-order valence-corrected chi connectivity index (χ0v) is 10.4. The molecule has 1 unspecified atom stereocenters. The second kappa shape index (κ2) is 10.1. The standard InChI is InChI=1S/C8H13.CH3.Nd/c1-5-8(6-2)7(3)4;;/h1,5,8H,2,6H2,3-4H3;1H3;/q-3;-1;. The molecule has 0 aromatic heterocycles. The first kappa shape index (κ1) is 17.3. The van der Waals surface area contributed by atoms with Crippen LogP contribution in [0.5, 0.6) is 0 Å². The van der Waals surface area contributed by atoms with Crippen molar-refractivity contribution in [2.24, 2.45) is 5.92 Å². The molecule has 0 heterocycles. The van der Waals surface area contributed by atoms with Crippen LogP contribution in [0.3, 0.4) is 0 Å². The first-order valence-corrected chi connectivity index (χ1v) is 2.86. The molecule has 0 spiro atoms. The van der Waals surface area contributed by atoms with Crippen molar-refractivity contribution in [3.8, 4) is 0 Å². The molecule has 0 saturated heterocycles. The van der Waals surface area contributed by atoms with E-state index in [4.69, 9.17) is 6.58 Å². The first-order chi connectivity index (χ1) is 3.72. The van der Waals surface area contributed by atoms with E-state index in [1.54, 1.807) is 6.08 Å².